The van der Waals surface area contributed by atoms with Crippen LogP contribution in [-0.2, 0) is 0 Å². The molecule has 3 rings (SSSR count). The van der Waals surface area contributed by atoms with Crippen LogP contribution in [0.4, 0.5) is 11.7 Å². The average molecular weight is 311 g/mol. The van der Waals surface area contributed by atoms with Gasteiger partial charge in [-0.15, -0.1) is 0 Å². The maximum absolute atomic E-state index is 5.29. The summed E-state index contributed by atoms with van der Waals surface area (Å²) in [5.74, 6) is 1.74. The van der Waals surface area contributed by atoms with Gasteiger partial charge in [0, 0.05) is 11.3 Å². The van der Waals surface area contributed by atoms with Crippen LogP contribution in [0.2, 0.25) is 0 Å². The number of aromatic nitrogens is 2. The third kappa shape index (κ3) is 3.11. The molecule has 0 saturated carbocycles. The van der Waals surface area contributed by atoms with Crippen molar-refractivity contribution < 1.29 is 14.0 Å². The Morgan fingerprint density at radius 1 is 1.00 bits per heavy atom. The van der Waals surface area contributed by atoms with E-state index in [4.69, 9.17) is 14.0 Å². The zero-order valence-electron chi connectivity index (χ0n) is 13.2. The Balaban J connectivity index is 1.86. The Hall–Kier alpha value is -3.02. The number of rotatable bonds is 5. The molecule has 1 heterocycles. The fourth-order valence-corrected chi connectivity index (χ4v) is 2.20. The molecule has 3 aromatic rings. The predicted octanol–water partition coefficient (Wildman–Crippen LogP) is 3.81. The van der Waals surface area contributed by atoms with Crippen LogP contribution >= 0.6 is 0 Å². The van der Waals surface area contributed by atoms with E-state index in [1.165, 1.54) is 0 Å². The van der Waals surface area contributed by atoms with Crippen molar-refractivity contribution in [3.8, 4) is 22.9 Å². The summed E-state index contributed by atoms with van der Waals surface area (Å²) in [6, 6.07) is 13.7. The lowest BCUT2D eigenvalue weighted by atomic mass is 10.2. The number of ether oxygens (including phenoxy) is 2. The van der Waals surface area contributed by atoms with Crippen LogP contribution < -0.4 is 14.8 Å². The summed E-state index contributed by atoms with van der Waals surface area (Å²) in [6.07, 6.45) is 0. The highest BCUT2D eigenvalue weighted by Crippen LogP contribution is 2.31. The van der Waals surface area contributed by atoms with Gasteiger partial charge in [-0.3, -0.25) is 0 Å². The van der Waals surface area contributed by atoms with Crippen LogP contribution in [0.25, 0.3) is 11.4 Å². The van der Waals surface area contributed by atoms with E-state index >= 15 is 0 Å². The van der Waals surface area contributed by atoms with Crippen LogP contribution in [-0.4, -0.2) is 24.4 Å². The lowest BCUT2D eigenvalue weighted by molar-refractivity contribution is 0.355. The first-order valence-corrected chi connectivity index (χ1v) is 7.10. The molecule has 0 fully saturated rings. The third-order valence-corrected chi connectivity index (χ3v) is 3.45. The molecular weight excluding hydrogens is 294 g/mol. The van der Waals surface area contributed by atoms with Gasteiger partial charge < -0.3 is 19.3 Å². The number of hydrogen-bond acceptors (Lipinski definition) is 6. The van der Waals surface area contributed by atoms with Gasteiger partial charge in [0.1, 0.15) is 0 Å². The Kier molecular flexibility index (Phi) is 4.14. The van der Waals surface area contributed by atoms with Crippen LogP contribution in [0.15, 0.2) is 47.0 Å². The van der Waals surface area contributed by atoms with Gasteiger partial charge in [-0.1, -0.05) is 23.4 Å². The normalized spacial score (nSPS) is 10.4. The molecule has 0 unspecified atom stereocenters. The molecule has 0 aliphatic rings. The molecule has 23 heavy (non-hydrogen) atoms. The van der Waals surface area contributed by atoms with E-state index in [1.54, 1.807) is 26.4 Å². The lowest BCUT2D eigenvalue weighted by Crippen LogP contribution is -1.93. The SMILES string of the molecule is COc1ccc(-c2noc(Nc3ccccc3C)n2)cc1OC. The summed E-state index contributed by atoms with van der Waals surface area (Å²) >= 11 is 0. The standard InChI is InChI=1S/C17H17N3O3/c1-11-6-4-5-7-13(11)18-17-19-16(20-23-17)12-8-9-14(21-2)15(10-12)22-3/h4-10H,1-3H3,(H,18,19,20). The van der Waals surface area contributed by atoms with Gasteiger partial charge in [-0.25, -0.2) is 0 Å². The van der Waals surface area contributed by atoms with E-state index in [1.807, 2.05) is 37.3 Å². The van der Waals surface area contributed by atoms with Crippen molar-refractivity contribution in [2.24, 2.45) is 0 Å². The predicted molar refractivity (Wildman–Crippen MR) is 87.3 cm³/mol. The Morgan fingerprint density at radius 3 is 2.52 bits per heavy atom. The van der Waals surface area contributed by atoms with Crippen LogP contribution in [0.3, 0.4) is 0 Å². The first-order chi connectivity index (χ1) is 11.2. The van der Waals surface area contributed by atoms with E-state index < -0.39 is 0 Å². The largest absolute Gasteiger partial charge is 0.493 e. The van der Waals surface area contributed by atoms with Gasteiger partial charge in [0.05, 0.1) is 14.2 Å². The smallest absolute Gasteiger partial charge is 0.326 e. The minimum Gasteiger partial charge on any atom is -0.493 e. The molecule has 2 aromatic carbocycles. The fourth-order valence-electron chi connectivity index (χ4n) is 2.20. The summed E-state index contributed by atoms with van der Waals surface area (Å²) in [5.41, 5.74) is 2.80. The van der Waals surface area contributed by atoms with Crippen molar-refractivity contribution in [2.45, 2.75) is 6.92 Å². The number of para-hydroxylation sites is 1. The average Bonchev–Trinajstić information content (AvgIpc) is 3.05. The monoisotopic (exact) mass is 311 g/mol. The van der Waals surface area contributed by atoms with Crippen molar-refractivity contribution in [1.82, 2.24) is 10.1 Å². The minimum atomic E-state index is 0.337. The molecule has 0 amide bonds. The molecule has 0 radical (unpaired) electrons. The number of anilines is 2. The van der Waals surface area contributed by atoms with Crippen LogP contribution in [0.1, 0.15) is 5.56 Å². The van der Waals surface area contributed by atoms with Crippen molar-refractivity contribution >= 4 is 11.7 Å². The second-order valence-electron chi connectivity index (χ2n) is 4.93. The summed E-state index contributed by atoms with van der Waals surface area (Å²) in [7, 11) is 3.18. The minimum absolute atomic E-state index is 0.337. The molecule has 0 saturated heterocycles. The van der Waals surface area contributed by atoms with Crippen LogP contribution in [0, 0.1) is 6.92 Å². The zero-order chi connectivity index (χ0) is 16.2. The molecule has 1 N–H and O–H groups in total. The third-order valence-electron chi connectivity index (χ3n) is 3.45. The quantitative estimate of drug-likeness (QED) is 0.773. The van der Waals surface area contributed by atoms with Gasteiger partial charge in [0.2, 0.25) is 5.82 Å². The lowest BCUT2D eigenvalue weighted by Gasteiger charge is -2.07. The molecule has 0 atom stereocenters. The molecular formula is C17H17N3O3. The molecule has 118 valence electrons. The highest BCUT2D eigenvalue weighted by atomic mass is 16.5. The van der Waals surface area contributed by atoms with Gasteiger partial charge in [-0.2, -0.15) is 4.98 Å². The number of benzene rings is 2. The first kappa shape index (κ1) is 14.9. The summed E-state index contributed by atoms with van der Waals surface area (Å²) in [6.45, 7) is 2.01. The highest BCUT2D eigenvalue weighted by molar-refractivity contribution is 5.63. The van der Waals surface area contributed by atoms with Gasteiger partial charge in [0.25, 0.3) is 0 Å². The summed E-state index contributed by atoms with van der Waals surface area (Å²) in [4.78, 5) is 4.36. The fraction of sp³-hybridized carbons (Fsp3) is 0.176. The summed E-state index contributed by atoms with van der Waals surface area (Å²) < 4.78 is 15.8. The van der Waals surface area contributed by atoms with Crippen molar-refractivity contribution in [3.63, 3.8) is 0 Å². The first-order valence-electron chi connectivity index (χ1n) is 7.10. The van der Waals surface area contributed by atoms with Crippen molar-refractivity contribution in [2.75, 3.05) is 19.5 Å². The molecule has 0 aliphatic heterocycles. The molecule has 1 aromatic heterocycles. The highest BCUT2D eigenvalue weighted by Gasteiger charge is 2.12. The molecule has 0 bridgehead atoms. The van der Waals surface area contributed by atoms with Gasteiger partial charge in [-0.05, 0) is 36.8 Å². The Morgan fingerprint density at radius 2 is 1.78 bits per heavy atom. The number of nitrogens with one attached hydrogen (secondary N) is 1. The topological polar surface area (TPSA) is 69.4 Å². The molecule has 0 spiro atoms. The van der Waals surface area contributed by atoms with E-state index in [0.29, 0.717) is 23.3 Å². The van der Waals surface area contributed by atoms with E-state index in [-0.39, 0.29) is 0 Å². The van der Waals surface area contributed by atoms with Crippen molar-refractivity contribution in [1.29, 1.82) is 0 Å². The Labute approximate surface area is 134 Å². The van der Waals surface area contributed by atoms with E-state index in [2.05, 4.69) is 15.5 Å². The van der Waals surface area contributed by atoms with E-state index in [0.717, 1.165) is 16.8 Å². The second kappa shape index (κ2) is 6.39. The number of hydrogen-bond donors (Lipinski definition) is 1. The second-order valence-corrected chi connectivity index (χ2v) is 4.93. The zero-order valence-corrected chi connectivity index (χ0v) is 13.2. The molecule has 6 nitrogen and oxygen atoms in total. The maximum atomic E-state index is 5.29. The molecule has 0 aliphatic carbocycles. The summed E-state index contributed by atoms with van der Waals surface area (Å²) in [5, 5.41) is 7.12. The molecule has 6 heteroatoms. The number of aryl methyl sites for hydroxylation is 1. The number of methoxy groups -OCH3 is 2. The van der Waals surface area contributed by atoms with E-state index in [9.17, 15) is 0 Å². The number of nitrogens with zero attached hydrogens (tertiary/aromatic N) is 2. The van der Waals surface area contributed by atoms with Gasteiger partial charge in [0.15, 0.2) is 11.5 Å². The Bertz CT molecular complexity index is 814. The van der Waals surface area contributed by atoms with Crippen molar-refractivity contribution in [3.05, 3.63) is 48.0 Å². The van der Waals surface area contributed by atoms with Gasteiger partial charge >= 0.3 is 6.01 Å². The maximum Gasteiger partial charge on any atom is 0.326 e. The van der Waals surface area contributed by atoms with Crippen LogP contribution in [0.5, 0.6) is 11.5 Å².